The van der Waals surface area contributed by atoms with Crippen LogP contribution in [0.5, 0.6) is 17.2 Å². The summed E-state index contributed by atoms with van der Waals surface area (Å²) in [6, 6.07) is 3.12. The second-order valence-electron chi connectivity index (χ2n) is 9.76. The quantitative estimate of drug-likeness (QED) is 0.449. The Hall–Kier alpha value is -2.72. The van der Waals surface area contributed by atoms with Crippen molar-refractivity contribution in [2.75, 3.05) is 60.7 Å². The van der Waals surface area contributed by atoms with E-state index in [4.69, 9.17) is 23.7 Å². The van der Waals surface area contributed by atoms with Crippen molar-refractivity contribution in [1.82, 2.24) is 9.80 Å². The van der Waals surface area contributed by atoms with Crippen LogP contribution in [0.25, 0.3) is 0 Å². The molecule has 0 spiro atoms. The number of esters is 1. The summed E-state index contributed by atoms with van der Waals surface area (Å²) >= 11 is 0. The fourth-order valence-electron chi connectivity index (χ4n) is 4.03. The van der Waals surface area contributed by atoms with Gasteiger partial charge in [0.25, 0.3) is 0 Å². The zero-order valence-electron chi connectivity index (χ0n) is 22.5. The van der Waals surface area contributed by atoms with Gasteiger partial charge in [-0.1, -0.05) is 0 Å². The van der Waals surface area contributed by atoms with Crippen molar-refractivity contribution in [3.63, 3.8) is 0 Å². The van der Waals surface area contributed by atoms with E-state index in [1.54, 1.807) is 17.0 Å². The number of aliphatic hydroxyl groups is 1. The minimum Gasteiger partial charge on any atom is -0.493 e. The Balaban J connectivity index is 2.00. The number of amides is 1. The van der Waals surface area contributed by atoms with Gasteiger partial charge in [0, 0.05) is 32.8 Å². The molecule has 0 bridgehead atoms. The molecule has 1 amide bonds. The molecule has 36 heavy (non-hydrogen) atoms. The molecular formula is C26H42N2O8. The number of aliphatic hydroxyl groups excluding tert-OH is 1. The summed E-state index contributed by atoms with van der Waals surface area (Å²) in [4.78, 5) is 29.4. The molecule has 2 rings (SSSR count). The van der Waals surface area contributed by atoms with Gasteiger partial charge in [-0.2, -0.15) is 0 Å². The average molecular weight is 511 g/mol. The zero-order valence-corrected chi connectivity index (χ0v) is 22.5. The summed E-state index contributed by atoms with van der Waals surface area (Å²) in [5.74, 6) is 0.642. The molecule has 1 aromatic carbocycles. The number of benzene rings is 1. The molecule has 1 aromatic rings. The Bertz CT molecular complexity index is 830. The van der Waals surface area contributed by atoms with Crippen LogP contribution in [-0.4, -0.2) is 99.3 Å². The van der Waals surface area contributed by atoms with E-state index in [9.17, 15) is 14.7 Å². The van der Waals surface area contributed by atoms with Crippen molar-refractivity contribution in [3.05, 3.63) is 17.7 Å². The highest BCUT2D eigenvalue weighted by Gasteiger charge is 2.26. The number of nitrogens with zero attached hydrogens (tertiary/aromatic N) is 2. The number of hydrogen-bond donors (Lipinski definition) is 1. The molecule has 1 N–H and O–H groups in total. The molecule has 1 saturated heterocycles. The van der Waals surface area contributed by atoms with Crippen LogP contribution in [0.3, 0.4) is 0 Å². The van der Waals surface area contributed by atoms with E-state index in [1.807, 2.05) is 20.8 Å². The van der Waals surface area contributed by atoms with Crippen molar-refractivity contribution in [1.29, 1.82) is 0 Å². The molecule has 1 aliphatic heterocycles. The summed E-state index contributed by atoms with van der Waals surface area (Å²) in [7, 11) is 4.47. The molecule has 10 nitrogen and oxygen atoms in total. The summed E-state index contributed by atoms with van der Waals surface area (Å²) in [5.41, 5.74) is -0.230. The Morgan fingerprint density at radius 3 is 2.19 bits per heavy atom. The summed E-state index contributed by atoms with van der Waals surface area (Å²) < 4.78 is 27.3. The van der Waals surface area contributed by atoms with Crippen LogP contribution in [0, 0.1) is 0 Å². The van der Waals surface area contributed by atoms with E-state index in [2.05, 4.69) is 4.90 Å². The van der Waals surface area contributed by atoms with Gasteiger partial charge in [-0.3, -0.25) is 0 Å². The Kier molecular flexibility index (Phi) is 11.6. The first kappa shape index (κ1) is 29.5. The Labute approximate surface area is 214 Å². The Morgan fingerprint density at radius 1 is 0.972 bits per heavy atom. The largest absolute Gasteiger partial charge is 0.493 e. The fourth-order valence-corrected chi connectivity index (χ4v) is 4.03. The lowest BCUT2D eigenvalue weighted by molar-refractivity contribution is 0.0204. The fraction of sp³-hybridized carbons (Fsp3) is 0.692. The highest BCUT2D eigenvalue weighted by atomic mass is 16.6. The lowest BCUT2D eigenvalue weighted by Gasteiger charge is -2.27. The van der Waals surface area contributed by atoms with Crippen LogP contribution < -0.4 is 14.2 Å². The van der Waals surface area contributed by atoms with Gasteiger partial charge in [0.2, 0.25) is 5.75 Å². The predicted octanol–water partition coefficient (Wildman–Crippen LogP) is 3.34. The number of ether oxygens (including phenoxy) is 5. The first-order valence-electron chi connectivity index (χ1n) is 12.4. The summed E-state index contributed by atoms with van der Waals surface area (Å²) in [6.45, 7) is 9.10. The number of rotatable bonds is 11. The van der Waals surface area contributed by atoms with Gasteiger partial charge in [-0.25, -0.2) is 9.59 Å². The van der Waals surface area contributed by atoms with Crippen LogP contribution in [0.4, 0.5) is 4.79 Å². The molecule has 0 saturated carbocycles. The third-order valence-electron chi connectivity index (χ3n) is 5.87. The van der Waals surface area contributed by atoms with Gasteiger partial charge in [-0.15, -0.1) is 0 Å². The molecule has 0 radical (unpaired) electrons. The summed E-state index contributed by atoms with van der Waals surface area (Å²) in [5, 5.41) is 9.33. The second kappa shape index (κ2) is 14.1. The molecule has 1 heterocycles. The van der Waals surface area contributed by atoms with Crippen LogP contribution in [-0.2, 0) is 9.47 Å². The van der Waals surface area contributed by atoms with Crippen molar-refractivity contribution >= 4 is 12.1 Å². The second-order valence-corrected chi connectivity index (χ2v) is 9.76. The lowest BCUT2D eigenvalue weighted by Crippen LogP contribution is -2.39. The molecule has 1 atom stereocenters. The lowest BCUT2D eigenvalue weighted by atomic mass is 10.1. The third-order valence-corrected chi connectivity index (χ3v) is 5.87. The van der Waals surface area contributed by atoms with Gasteiger partial charge < -0.3 is 38.6 Å². The normalized spacial score (nSPS) is 15.6. The molecular weight excluding hydrogens is 468 g/mol. The van der Waals surface area contributed by atoms with E-state index < -0.39 is 11.6 Å². The topological polar surface area (TPSA) is 107 Å². The number of carbonyl (C=O) groups excluding carboxylic acids is 2. The smallest absolute Gasteiger partial charge is 0.410 e. The third kappa shape index (κ3) is 9.05. The van der Waals surface area contributed by atoms with Crippen molar-refractivity contribution in [2.24, 2.45) is 0 Å². The first-order chi connectivity index (χ1) is 17.1. The van der Waals surface area contributed by atoms with E-state index in [1.165, 1.54) is 21.3 Å². The molecule has 1 aliphatic rings. The minimum atomic E-state index is -0.523. The van der Waals surface area contributed by atoms with Gasteiger partial charge in [-0.05, 0) is 65.1 Å². The maximum atomic E-state index is 13.0. The van der Waals surface area contributed by atoms with Crippen molar-refractivity contribution < 1.29 is 38.4 Å². The maximum Gasteiger partial charge on any atom is 0.410 e. The standard InChI is InChI=1S/C26H42N2O8/c1-26(2,3)36-25(31)28-12-8-11-27(14-15-28)13-10-20(9-7-16-29)35-24(30)19-17-21(32-4)23(34-6)22(18-19)33-5/h17-18,20,29H,7-16H2,1-6H3. The average Bonchev–Trinajstić information content (AvgIpc) is 3.09. The first-order valence-corrected chi connectivity index (χ1v) is 12.4. The highest BCUT2D eigenvalue weighted by Crippen LogP contribution is 2.38. The number of methoxy groups -OCH3 is 3. The molecule has 1 unspecified atom stereocenters. The van der Waals surface area contributed by atoms with Crippen LogP contribution >= 0.6 is 0 Å². The van der Waals surface area contributed by atoms with E-state index >= 15 is 0 Å². The predicted molar refractivity (Wildman–Crippen MR) is 135 cm³/mol. The molecule has 10 heteroatoms. The van der Waals surface area contributed by atoms with E-state index in [0.717, 1.165) is 13.0 Å². The zero-order chi connectivity index (χ0) is 26.7. The van der Waals surface area contributed by atoms with Gasteiger partial charge >= 0.3 is 12.1 Å². The Morgan fingerprint density at radius 2 is 1.64 bits per heavy atom. The van der Waals surface area contributed by atoms with Crippen LogP contribution in [0.1, 0.15) is 56.8 Å². The van der Waals surface area contributed by atoms with Gasteiger partial charge in [0.1, 0.15) is 11.7 Å². The van der Waals surface area contributed by atoms with Crippen molar-refractivity contribution in [2.45, 2.75) is 58.2 Å². The highest BCUT2D eigenvalue weighted by molar-refractivity contribution is 5.91. The van der Waals surface area contributed by atoms with Crippen molar-refractivity contribution in [3.8, 4) is 17.2 Å². The molecule has 1 fully saturated rings. The molecule has 0 aliphatic carbocycles. The monoisotopic (exact) mass is 510 g/mol. The number of carbonyl (C=O) groups is 2. The maximum absolute atomic E-state index is 13.0. The van der Waals surface area contributed by atoms with Gasteiger partial charge in [0.15, 0.2) is 11.5 Å². The van der Waals surface area contributed by atoms with Crippen LogP contribution in [0.15, 0.2) is 12.1 Å². The molecule has 0 aromatic heterocycles. The summed E-state index contributed by atoms with van der Waals surface area (Å²) in [6.07, 6.45) is 1.87. The van der Waals surface area contributed by atoms with E-state index in [-0.39, 0.29) is 18.8 Å². The SMILES string of the molecule is COc1cc(C(=O)OC(CCCO)CCN2CCCN(C(=O)OC(C)(C)C)CC2)cc(OC)c1OC. The van der Waals surface area contributed by atoms with Crippen LogP contribution in [0.2, 0.25) is 0 Å². The van der Waals surface area contributed by atoms with Gasteiger partial charge in [0.05, 0.1) is 26.9 Å². The molecule has 204 valence electrons. The minimum absolute atomic E-state index is 0.0206. The number of hydrogen-bond acceptors (Lipinski definition) is 9. The van der Waals surface area contributed by atoms with E-state index in [0.29, 0.717) is 68.3 Å².